The number of hydrogen-bond acceptors (Lipinski definition) is 3. The van der Waals surface area contributed by atoms with Crippen molar-refractivity contribution in [3.05, 3.63) is 0 Å². The van der Waals surface area contributed by atoms with Crippen LogP contribution in [0.1, 0.15) is 32.1 Å². The minimum absolute atomic E-state index is 0.290. The highest BCUT2D eigenvalue weighted by atomic mass is 16.4. The van der Waals surface area contributed by atoms with Gasteiger partial charge in [-0.1, -0.05) is 0 Å². The summed E-state index contributed by atoms with van der Waals surface area (Å²) in [6.45, 7) is 0. The van der Waals surface area contributed by atoms with E-state index >= 15 is 0 Å². The third-order valence-electron chi connectivity index (χ3n) is 2.21. The Hall–Kier alpha value is -0.900. The van der Waals surface area contributed by atoms with Crippen molar-refractivity contribution in [2.24, 2.45) is 0 Å². The highest BCUT2D eigenvalue weighted by Gasteiger charge is 2.39. The van der Waals surface area contributed by atoms with Gasteiger partial charge in [0.1, 0.15) is 5.60 Å². The SMILES string of the molecule is O=C(O)CC1(O)CCCCC1=O. The zero-order valence-electron chi connectivity index (χ0n) is 6.75. The molecule has 1 unspecified atom stereocenters. The van der Waals surface area contributed by atoms with Gasteiger partial charge < -0.3 is 10.2 Å². The molecule has 0 saturated heterocycles. The number of carbonyl (C=O) groups is 2. The number of rotatable bonds is 2. The van der Waals surface area contributed by atoms with Crippen molar-refractivity contribution in [3.63, 3.8) is 0 Å². The normalized spacial score (nSPS) is 30.2. The Morgan fingerprint density at radius 1 is 1.50 bits per heavy atom. The van der Waals surface area contributed by atoms with Gasteiger partial charge in [-0.2, -0.15) is 0 Å². The molecule has 68 valence electrons. The zero-order chi connectivity index (χ0) is 9.19. The predicted molar refractivity (Wildman–Crippen MR) is 40.7 cm³/mol. The molecular formula is C8H12O4. The Balaban J connectivity index is 2.66. The van der Waals surface area contributed by atoms with E-state index in [-0.39, 0.29) is 12.2 Å². The molecule has 4 nitrogen and oxygen atoms in total. The summed E-state index contributed by atoms with van der Waals surface area (Å²) >= 11 is 0. The molecule has 2 N–H and O–H groups in total. The van der Waals surface area contributed by atoms with Crippen LogP contribution < -0.4 is 0 Å². The summed E-state index contributed by atoms with van der Waals surface area (Å²) in [5.74, 6) is -1.44. The summed E-state index contributed by atoms with van der Waals surface area (Å²) in [6, 6.07) is 0. The molecule has 0 aromatic heterocycles. The van der Waals surface area contributed by atoms with E-state index in [0.29, 0.717) is 6.42 Å². The molecule has 0 aromatic carbocycles. The van der Waals surface area contributed by atoms with Crippen LogP contribution in [0, 0.1) is 0 Å². The summed E-state index contributed by atoms with van der Waals surface area (Å²) < 4.78 is 0. The van der Waals surface area contributed by atoms with Crippen molar-refractivity contribution >= 4 is 11.8 Å². The molecule has 1 fully saturated rings. The van der Waals surface area contributed by atoms with Gasteiger partial charge >= 0.3 is 5.97 Å². The zero-order valence-corrected chi connectivity index (χ0v) is 6.75. The van der Waals surface area contributed by atoms with E-state index in [9.17, 15) is 14.7 Å². The minimum Gasteiger partial charge on any atom is -0.481 e. The van der Waals surface area contributed by atoms with Crippen molar-refractivity contribution in [2.45, 2.75) is 37.7 Å². The van der Waals surface area contributed by atoms with Crippen LogP contribution in [-0.2, 0) is 9.59 Å². The number of carboxylic acid groups (broad SMARTS) is 1. The highest BCUT2D eigenvalue weighted by molar-refractivity contribution is 5.91. The number of carbonyl (C=O) groups excluding carboxylic acids is 1. The minimum atomic E-state index is -1.58. The van der Waals surface area contributed by atoms with E-state index in [4.69, 9.17) is 5.11 Å². The molecule has 0 amide bonds. The van der Waals surface area contributed by atoms with Gasteiger partial charge in [-0.3, -0.25) is 9.59 Å². The molecule has 1 aliphatic rings. The molecule has 0 aliphatic heterocycles. The van der Waals surface area contributed by atoms with Crippen LogP contribution in [0.25, 0.3) is 0 Å². The number of carboxylic acids is 1. The smallest absolute Gasteiger partial charge is 0.306 e. The van der Waals surface area contributed by atoms with E-state index in [1.165, 1.54) is 0 Å². The van der Waals surface area contributed by atoms with E-state index in [1.54, 1.807) is 0 Å². The molecule has 0 aromatic rings. The van der Waals surface area contributed by atoms with Crippen LogP contribution in [0.15, 0.2) is 0 Å². The average Bonchev–Trinajstić information content (AvgIpc) is 1.94. The number of aliphatic carboxylic acids is 1. The number of Topliss-reactive ketones (excluding diaryl/α,β-unsaturated/α-hetero) is 1. The van der Waals surface area contributed by atoms with Gasteiger partial charge in [-0.15, -0.1) is 0 Å². The third kappa shape index (κ3) is 1.82. The lowest BCUT2D eigenvalue weighted by Crippen LogP contribution is -2.42. The Bertz CT molecular complexity index is 211. The van der Waals surface area contributed by atoms with Crippen molar-refractivity contribution in [3.8, 4) is 0 Å². The first-order valence-corrected chi connectivity index (χ1v) is 4.02. The lowest BCUT2D eigenvalue weighted by atomic mass is 9.81. The monoisotopic (exact) mass is 172 g/mol. The lowest BCUT2D eigenvalue weighted by Gasteiger charge is -2.28. The van der Waals surface area contributed by atoms with Gasteiger partial charge in [0, 0.05) is 6.42 Å². The van der Waals surface area contributed by atoms with Crippen LogP contribution in [0.2, 0.25) is 0 Å². The summed E-state index contributed by atoms with van der Waals surface area (Å²) in [6.07, 6.45) is 1.64. The maximum atomic E-state index is 11.1. The first kappa shape index (κ1) is 9.19. The Morgan fingerprint density at radius 2 is 2.17 bits per heavy atom. The van der Waals surface area contributed by atoms with Crippen molar-refractivity contribution in [1.29, 1.82) is 0 Å². The lowest BCUT2D eigenvalue weighted by molar-refractivity contribution is -0.153. The number of hydrogen-bond donors (Lipinski definition) is 2. The molecule has 0 spiro atoms. The quantitative estimate of drug-likeness (QED) is 0.629. The van der Waals surface area contributed by atoms with E-state index < -0.39 is 18.0 Å². The van der Waals surface area contributed by atoms with Gasteiger partial charge in [-0.25, -0.2) is 0 Å². The van der Waals surface area contributed by atoms with Crippen molar-refractivity contribution < 1.29 is 19.8 Å². The van der Waals surface area contributed by atoms with Crippen LogP contribution in [0.3, 0.4) is 0 Å². The van der Waals surface area contributed by atoms with E-state index in [2.05, 4.69) is 0 Å². The molecule has 0 heterocycles. The molecule has 12 heavy (non-hydrogen) atoms. The van der Waals surface area contributed by atoms with Gasteiger partial charge in [0.15, 0.2) is 5.78 Å². The Morgan fingerprint density at radius 3 is 2.67 bits per heavy atom. The molecule has 1 aliphatic carbocycles. The molecule has 4 heteroatoms. The molecule has 1 atom stereocenters. The highest BCUT2D eigenvalue weighted by Crippen LogP contribution is 2.27. The second kappa shape index (κ2) is 3.23. The number of ketones is 1. The molecule has 0 bridgehead atoms. The molecule has 1 rings (SSSR count). The second-order valence-corrected chi connectivity index (χ2v) is 3.23. The van der Waals surface area contributed by atoms with Crippen LogP contribution in [-0.4, -0.2) is 27.6 Å². The summed E-state index contributed by atoms with van der Waals surface area (Å²) in [7, 11) is 0. The fourth-order valence-corrected chi connectivity index (χ4v) is 1.51. The average molecular weight is 172 g/mol. The topological polar surface area (TPSA) is 74.6 Å². The van der Waals surface area contributed by atoms with Gasteiger partial charge in [-0.05, 0) is 19.3 Å². The standard InChI is InChI=1S/C8H12O4/c9-6-3-1-2-4-8(6,12)5-7(10)11/h12H,1-5H2,(H,10,11). The van der Waals surface area contributed by atoms with Gasteiger partial charge in [0.25, 0.3) is 0 Å². The summed E-state index contributed by atoms with van der Waals surface area (Å²) in [5.41, 5.74) is -1.58. The van der Waals surface area contributed by atoms with Crippen LogP contribution in [0.5, 0.6) is 0 Å². The fraction of sp³-hybridized carbons (Fsp3) is 0.750. The largest absolute Gasteiger partial charge is 0.481 e. The van der Waals surface area contributed by atoms with Crippen molar-refractivity contribution in [2.75, 3.05) is 0 Å². The van der Waals surface area contributed by atoms with E-state index in [0.717, 1.165) is 12.8 Å². The van der Waals surface area contributed by atoms with Gasteiger partial charge in [0.2, 0.25) is 0 Å². The molecule has 1 saturated carbocycles. The number of aliphatic hydroxyl groups is 1. The predicted octanol–water partition coefficient (Wildman–Crippen LogP) is 0.335. The van der Waals surface area contributed by atoms with Crippen LogP contribution >= 0.6 is 0 Å². The summed E-state index contributed by atoms with van der Waals surface area (Å²) in [5, 5.41) is 18.0. The molecule has 0 radical (unpaired) electrons. The Labute approximate surface area is 70.2 Å². The fourth-order valence-electron chi connectivity index (χ4n) is 1.51. The first-order valence-electron chi connectivity index (χ1n) is 4.02. The Kier molecular flexibility index (Phi) is 2.47. The van der Waals surface area contributed by atoms with Crippen LogP contribution in [0.4, 0.5) is 0 Å². The van der Waals surface area contributed by atoms with Crippen molar-refractivity contribution in [1.82, 2.24) is 0 Å². The van der Waals surface area contributed by atoms with Gasteiger partial charge in [0.05, 0.1) is 6.42 Å². The third-order valence-corrected chi connectivity index (χ3v) is 2.21. The summed E-state index contributed by atoms with van der Waals surface area (Å²) in [4.78, 5) is 21.4. The maximum Gasteiger partial charge on any atom is 0.306 e. The molecular weight excluding hydrogens is 160 g/mol. The van der Waals surface area contributed by atoms with E-state index in [1.807, 2.05) is 0 Å². The first-order chi connectivity index (χ1) is 5.54. The maximum absolute atomic E-state index is 11.1. The second-order valence-electron chi connectivity index (χ2n) is 3.23.